The van der Waals surface area contributed by atoms with Crippen LogP contribution in [-0.4, -0.2) is 59.8 Å². The molecule has 0 atom stereocenters. The number of halogens is 6. The van der Waals surface area contributed by atoms with Crippen molar-refractivity contribution in [2.45, 2.75) is 109 Å². The van der Waals surface area contributed by atoms with Crippen molar-refractivity contribution in [1.82, 2.24) is 59.8 Å². The Kier molecular flexibility index (Phi) is 18.8. The van der Waals surface area contributed by atoms with E-state index in [2.05, 4.69) is 146 Å². The molecule has 0 spiro atoms. The van der Waals surface area contributed by atoms with Crippen LogP contribution >= 0.6 is 45.3 Å². The van der Waals surface area contributed by atoms with Crippen molar-refractivity contribution < 1.29 is 48.7 Å². The lowest BCUT2D eigenvalue weighted by Gasteiger charge is -2.16. The normalized spacial score (nSPS) is 12.4. The number of fused-ring (bicyclic) bond motifs is 9. The van der Waals surface area contributed by atoms with Gasteiger partial charge in [0, 0.05) is 56.2 Å². The first-order chi connectivity index (χ1) is 54.5. The van der Waals surface area contributed by atoms with E-state index in [0.717, 1.165) is 113 Å². The number of aromatic nitrogens is 16. The number of aryl methyl sites for hydroxylation is 16. The zero-order valence-electron chi connectivity index (χ0n) is 67.3. The molecule has 0 N–H and O–H groups in total. The van der Waals surface area contributed by atoms with E-state index in [1.165, 1.54) is 50.0 Å². The zero-order valence-corrected chi connectivity index (χ0v) is 67.5. The van der Waals surface area contributed by atoms with Crippen LogP contribution in [0, 0.1) is 96.9 Å². The van der Waals surface area contributed by atoms with E-state index in [1.807, 2.05) is 125 Å². The van der Waals surface area contributed by atoms with Gasteiger partial charge in [-0.1, -0.05) is 103 Å². The van der Waals surface area contributed by atoms with Crippen LogP contribution in [0.25, 0.3) is 150 Å². The molecule has 0 bridgehead atoms. The molecule has 16 nitrogen and oxygen atoms in total. The second-order valence-corrected chi connectivity index (χ2v) is 32.1. The number of thiophene rings is 4. The minimum Gasteiger partial charge on any atom is -0.236 e. The maximum absolute atomic E-state index is 13.7. The van der Waals surface area contributed by atoms with Crippen LogP contribution < -0.4 is 18.3 Å². The minimum absolute atomic E-state index is 0.00712. The first-order valence-corrected chi connectivity index (χ1v) is 39.0. The van der Waals surface area contributed by atoms with Gasteiger partial charge in [-0.25, -0.2) is 58.1 Å². The lowest BCUT2D eigenvalue weighted by atomic mass is 9.95. The van der Waals surface area contributed by atoms with E-state index in [1.54, 1.807) is 70.8 Å². The van der Waals surface area contributed by atoms with Crippen molar-refractivity contribution in [3.8, 4) is 53.8 Å². The number of benzene rings is 6. The monoisotopic (exact) mass is 1580 g/mol. The predicted octanol–water partition coefficient (Wildman–Crippen LogP) is 20.1. The summed E-state index contributed by atoms with van der Waals surface area (Å²) in [5, 5.41) is 4.81. The third kappa shape index (κ3) is 13.5. The summed E-state index contributed by atoms with van der Waals surface area (Å²) >= 11 is 6.76. The molecule has 562 valence electrons. The van der Waals surface area contributed by atoms with Crippen LogP contribution in [0.2, 0.25) is 0 Å². The van der Waals surface area contributed by atoms with Crippen LogP contribution in [0.5, 0.6) is 0 Å². The summed E-state index contributed by atoms with van der Waals surface area (Å²) in [4.78, 5) is 57.8. The molecule has 12 heterocycles. The summed E-state index contributed by atoms with van der Waals surface area (Å²) in [5.41, 5.74) is 16.6. The van der Waals surface area contributed by atoms with Crippen LogP contribution in [0.15, 0.2) is 133 Å². The third-order valence-corrected chi connectivity index (χ3v) is 25.5. The Bertz CT molecular complexity index is 7050. The fourth-order valence-corrected chi connectivity index (χ4v) is 19.6. The third-order valence-electron chi connectivity index (χ3n) is 20.4. The smallest absolute Gasteiger partial charge is 0.236 e. The highest BCUT2D eigenvalue weighted by Gasteiger charge is 2.41. The second-order valence-electron chi connectivity index (χ2n) is 27.9. The van der Waals surface area contributed by atoms with E-state index in [9.17, 15) is 26.3 Å². The quantitative estimate of drug-likeness (QED) is 0.0909. The Morgan fingerprint density at radius 2 is 0.705 bits per heavy atom. The maximum atomic E-state index is 13.7. The van der Waals surface area contributed by atoms with Gasteiger partial charge >= 0.3 is 35.3 Å². The van der Waals surface area contributed by atoms with Crippen molar-refractivity contribution in [3.05, 3.63) is 224 Å². The molecular weight excluding hydrogens is 1500 g/mol. The van der Waals surface area contributed by atoms with Gasteiger partial charge in [-0.2, -0.15) is 26.3 Å². The number of nitrogens with zero attached hydrogens (tertiary/aromatic N) is 16. The maximum Gasteiger partial charge on any atom is 0.437 e. The highest BCUT2D eigenvalue weighted by molar-refractivity contribution is 7.23. The van der Waals surface area contributed by atoms with E-state index in [-0.39, 0.29) is 33.9 Å². The van der Waals surface area contributed by atoms with Gasteiger partial charge in [-0.15, -0.1) is 45.3 Å². The molecule has 12 aromatic heterocycles. The first kappa shape index (κ1) is 72.2. The molecule has 112 heavy (non-hydrogen) atoms. The number of rotatable bonds is 5. The Morgan fingerprint density at radius 3 is 1.18 bits per heavy atom. The standard InChI is InChI=1S/C27H24F3N4S.C21H17N4S.C19H16F3N4S.C19H19N4S/c1-13-11-14(2)20(15(3)12-13)21-22(23-16(4)18-9-7-8-10-19(18)35-23)34(6)26-25(32-21)33-24(17(5)31-26)27(28,29)30;1-12-14-8-4-7-11-17(14)26-19(12)21-24-20-18(13(2)25(21)3)22-15-9-5-6-10-16(15)23-20;1-9-12-7-5-6-8-13(12)27-15(9)18-25-17-14(11(3)26(18)4)24-16(10(2)23-17)19(20,21)22;1-10-14-8-6-7-9-15(14)24-17(10)16-13(4)21-18-19(23(16)5)22-12(3)11(2)20-18/h7-12H,1-6H3;4-11H,1-3H3;5-8H,1-4H3;6-9H,1-5H3/q4*+1/i;;;2D3. The molecule has 0 unspecified atom stereocenters. The van der Waals surface area contributed by atoms with Crippen LogP contribution in [0.1, 0.15) is 94.3 Å². The fraction of sp³-hybridized carbons (Fsp3) is 0.233. The summed E-state index contributed by atoms with van der Waals surface area (Å²) in [7, 11) is 7.60. The zero-order chi connectivity index (χ0) is 82.1. The SMILES string of the molecule is Cc1c(-c2nc3nc4ccccc4nc3c(C)[n+]2C)sc2ccccc12.Cc1cc(C)c(-c2nc3nc(C(F)(F)F)c(C)nc3[n+](C)c2-c2sc3ccccc3c2C)c(C)c1.Cc1nc2nc(-c3sc4ccccc4c3C)[n+](C)c(C)c2nc1C(F)(F)F.[2H]C([2H])([2H])c1nc2nc(C)c(-c3sc4ccccc4c3C)[n+](C)c2nc1C. The molecule has 18 aromatic rings. The van der Waals surface area contributed by atoms with Gasteiger partial charge in [0.25, 0.3) is 11.3 Å². The molecule has 0 radical (unpaired) electrons. The largest absolute Gasteiger partial charge is 0.437 e. The van der Waals surface area contributed by atoms with Crippen molar-refractivity contribution >= 4 is 142 Å². The number of hydrogen-bond acceptors (Lipinski definition) is 16. The van der Waals surface area contributed by atoms with Gasteiger partial charge in [-0.05, 0) is 180 Å². The van der Waals surface area contributed by atoms with Crippen molar-refractivity contribution in [1.29, 1.82) is 0 Å². The van der Waals surface area contributed by atoms with E-state index in [0.29, 0.717) is 45.5 Å². The molecular formula is C86H76F6N16S4+4. The Hall–Kier alpha value is -11.3. The van der Waals surface area contributed by atoms with Crippen LogP contribution in [0.3, 0.4) is 0 Å². The lowest BCUT2D eigenvalue weighted by molar-refractivity contribution is -0.667. The molecule has 0 fully saturated rings. The number of alkyl halides is 6. The summed E-state index contributed by atoms with van der Waals surface area (Å²) in [6.07, 6.45) is -9.15. The van der Waals surface area contributed by atoms with Gasteiger partial charge in [-0.3, -0.25) is 0 Å². The molecule has 6 aromatic carbocycles. The summed E-state index contributed by atoms with van der Waals surface area (Å²) in [6, 6.07) is 45.1. The topological polar surface area (TPSA) is 170 Å². The predicted molar refractivity (Wildman–Crippen MR) is 437 cm³/mol. The van der Waals surface area contributed by atoms with Crippen molar-refractivity contribution in [2.75, 3.05) is 0 Å². The number of para-hydroxylation sites is 2. The number of hydrogen-bond donors (Lipinski definition) is 0. The summed E-state index contributed by atoms with van der Waals surface area (Å²) < 4.78 is 116. The Balaban J connectivity index is 0.000000121. The first-order valence-electron chi connectivity index (χ1n) is 37.3. The van der Waals surface area contributed by atoms with E-state index in [4.69, 9.17) is 24.0 Å². The lowest BCUT2D eigenvalue weighted by Crippen LogP contribution is -2.36. The van der Waals surface area contributed by atoms with Gasteiger partial charge in [0.15, 0.2) is 45.2 Å². The molecule has 18 rings (SSSR count). The summed E-state index contributed by atoms with van der Waals surface area (Å²) in [6.45, 7) is 22.2. The highest BCUT2D eigenvalue weighted by Crippen LogP contribution is 2.45. The van der Waals surface area contributed by atoms with Gasteiger partial charge < -0.3 is 0 Å². The van der Waals surface area contributed by atoms with Crippen molar-refractivity contribution in [2.24, 2.45) is 28.2 Å². The van der Waals surface area contributed by atoms with Crippen molar-refractivity contribution in [3.63, 3.8) is 0 Å². The molecule has 0 amide bonds. The molecule has 26 heteroatoms. The van der Waals surface area contributed by atoms with Crippen LogP contribution in [0.4, 0.5) is 26.3 Å². The average molecular weight is 1580 g/mol. The second kappa shape index (κ2) is 29.1. The molecule has 0 aliphatic rings. The van der Waals surface area contributed by atoms with Gasteiger partial charge in [0.1, 0.15) is 26.8 Å². The molecule has 0 aliphatic heterocycles. The Morgan fingerprint density at radius 1 is 0.339 bits per heavy atom. The molecule has 0 aliphatic carbocycles. The van der Waals surface area contributed by atoms with Crippen LogP contribution in [-0.2, 0) is 40.5 Å². The summed E-state index contributed by atoms with van der Waals surface area (Å²) in [5.74, 6) is 1.62. The van der Waals surface area contributed by atoms with E-state index >= 15 is 0 Å². The van der Waals surface area contributed by atoms with E-state index < -0.39 is 30.6 Å². The molecule has 0 saturated carbocycles. The van der Waals surface area contributed by atoms with Gasteiger partial charge in [0.2, 0.25) is 11.3 Å². The highest BCUT2D eigenvalue weighted by atomic mass is 32.1. The van der Waals surface area contributed by atoms with Gasteiger partial charge in [0.05, 0.1) is 66.1 Å². The Labute approximate surface area is 660 Å². The fourth-order valence-electron chi connectivity index (χ4n) is 14.5. The average Bonchev–Trinajstić information content (AvgIpc) is 1.72. The minimum atomic E-state index is -4.61. The molecule has 0 saturated heterocycles.